The Morgan fingerprint density at radius 1 is 1.11 bits per heavy atom. The Hall–Kier alpha value is -2.38. The van der Waals surface area contributed by atoms with Crippen molar-refractivity contribution in [2.45, 2.75) is 43.0 Å². The first kappa shape index (κ1) is 27.6. The molecule has 2 heterocycles. The predicted octanol–water partition coefficient (Wildman–Crippen LogP) is 3.30. The number of sulfonamides is 1. The molecule has 1 unspecified atom stereocenters. The van der Waals surface area contributed by atoms with Gasteiger partial charge in [-0.15, -0.1) is 0 Å². The fraction of sp³-hybridized carbons (Fsp3) is 0.440. The molecule has 9 nitrogen and oxygen atoms in total. The van der Waals surface area contributed by atoms with Crippen LogP contribution in [0.15, 0.2) is 57.2 Å². The number of carbonyl (C=O) groups excluding carboxylic acids is 1. The largest absolute Gasteiger partial charge is 0.380 e. The molecule has 0 N–H and O–H groups in total. The summed E-state index contributed by atoms with van der Waals surface area (Å²) in [6, 6.07) is 10.7. The highest BCUT2D eigenvalue weighted by atomic mass is 32.2. The van der Waals surface area contributed by atoms with Gasteiger partial charge in [0.1, 0.15) is 0 Å². The average molecular weight is 566 g/mol. The normalized spacial score (nSPS) is 17.9. The van der Waals surface area contributed by atoms with Crippen molar-refractivity contribution in [3.8, 4) is 0 Å². The molecule has 200 valence electrons. The van der Waals surface area contributed by atoms with Crippen molar-refractivity contribution >= 4 is 47.3 Å². The number of sulfone groups is 1. The van der Waals surface area contributed by atoms with E-state index in [0.717, 1.165) is 24.6 Å². The van der Waals surface area contributed by atoms with Gasteiger partial charge in [-0.3, -0.25) is 4.79 Å². The molecule has 12 heteroatoms. The van der Waals surface area contributed by atoms with Crippen molar-refractivity contribution in [2.24, 2.45) is 10.9 Å². The fourth-order valence-electron chi connectivity index (χ4n) is 4.32. The summed E-state index contributed by atoms with van der Waals surface area (Å²) < 4.78 is 59.6. The van der Waals surface area contributed by atoms with E-state index in [9.17, 15) is 21.6 Å². The van der Waals surface area contributed by atoms with Gasteiger partial charge in [0.25, 0.3) is 5.91 Å². The van der Waals surface area contributed by atoms with Crippen molar-refractivity contribution in [1.29, 1.82) is 0 Å². The smallest absolute Gasteiger partial charge is 0.279 e. The highest BCUT2D eigenvalue weighted by Crippen LogP contribution is 2.24. The van der Waals surface area contributed by atoms with Crippen LogP contribution >= 0.6 is 11.3 Å². The maximum Gasteiger partial charge on any atom is 0.279 e. The molecule has 1 fully saturated rings. The van der Waals surface area contributed by atoms with Gasteiger partial charge in [-0.1, -0.05) is 18.3 Å². The third kappa shape index (κ3) is 6.20. The summed E-state index contributed by atoms with van der Waals surface area (Å²) in [6.45, 7) is 6.30. The molecule has 1 saturated heterocycles. The number of fused-ring (bicyclic) bond motifs is 1. The van der Waals surface area contributed by atoms with Crippen LogP contribution in [-0.2, 0) is 31.1 Å². The molecule has 3 aromatic rings. The monoisotopic (exact) mass is 565 g/mol. The van der Waals surface area contributed by atoms with E-state index < -0.39 is 25.8 Å². The Kier molecular flexibility index (Phi) is 8.34. The summed E-state index contributed by atoms with van der Waals surface area (Å²) in [5.74, 6) is -0.206. The molecule has 0 bridgehead atoms. The van der Waals surface area contributed by atoms with Crippen LogP contribution in [0.4, 0.5) is 0 Å². The maximum absolute atomic E-state index is 13.0. The highest BCUT2D eigenvalue weighted by Gasteiger charge is 2.28. The van der Waals surface area contributed by atoms with E-state index in [1.54, 1.807) is 12.1 Å². The second-order valence-electron chi connectivity index (χ2n) is 9.19. The zero-order valence-electron chi connectivity index (χ0n) is 21.1. The van der Waals surface area contributed by atoms with Crippen LogP contribution in [0.1, 0.15) is 37.0 Å². The molecule has 0 saturated carbocycles. The Bertz CT molecular complexity index is 1570. The molecule has 0 radical (unpaired) electrons. The molecule has 0 spiro atoms. The summed E-state index contributed by atoms with van der Waals surface area (Å²) >= 11 is 1.21. The molecular formula is C25H31N3O6S3. The van der Waals surface area contributed by atoms with E-state index >= 15 is 0 Å². The summed E-state index contributed by atoms with van der Waals surface area (Å²) in [5, 5.41) is 0. The number of ether oxygens (including phenoxy) is 1. The van der Waals surface area contributed by atoms with Crippen LogP contribution < -0.4 is 4.80 Å². The number of aromatic nitrogens is 1. The molecular weight excluding hydrogens is 534 g/mol. The lowest BCUT2D eigenvalue weighted by atomic mass is 10.0. The molecule has 37 heavy (non-hydrogen) atoms. The van der Waals surface area contributed by atoms with Crippen LogP contribution in [0.25, 0.3) is 10.2 Å². The third-order valence-corrected chi connectivity index (χ3v) is 10.3. The Morgan fingerprint density at radius 3 is 2.46 bits per heavy atom. The second-order valence-corrected chi connectivity index (χ2v) is 14.1. The summed E-state index contributed by atoms with van der Waals surface area (Å²) in [6.07, 6.45) is 2.99. The van der Waals surface area contributed by atoms with Crippen LogP contribution in [0.2, 0.25) is 0 Å². The van der Waals surface area contributed by atoms with Gasteiger partial charge in [0.2, 0.25) is 10.0 Å². The number of rotatable bonds is 8. The zero-order valence-corrected chi connectivity index (χ0v) is 23.5. The Morgan fingerprint density at radius 2 is 1.81 bits per heavy atom. The summed E-state index contributed by atoms with van der Waals surface area (Å²) in [7, 11) is -7.01. The minimum absolute atomic E-state index is 0.153. The van der Waals surface area contributed by atoms with Gasteiger partial charge in [-0.25, -0.2) is 16.8 Å². The quantitative estimate of drug-likeness (QED) is 0.387. The number of thiazole rings is 1. The Balaban J connectivity index is 1.67. The van der Waals surface area contributed by atoms with Gasteiger partial charge < -0.3 is 9.30 Å². The minimum Gasteiger partial charge on any atom is -0.380 e. The first-order valence-corrected chi connectivity index (χ1v) is 16.3. The number of hydrogen-bond acceptors (Lipinski definition) is 7. The lowest BCUT2D eigenvalue weighted by Gasteiger charge is -2.30. The summed E-state index contributed by atoms with van der Waals surface area (Å²) in [4.78, 5) is 18.1. The third-order valence-electron chi connectivity index (χ3n) is 6.30. The first-order valence-electron chi connectivity index (χ1n) is 12.1. The summed E-state index contributed by atoms with van der Waals surface area (Å²) in [5.41, 5.74) is 1.01. The van der Waals surface area contributed by atoms with Crippen LogP contribution in [0, 0.1) is 5.92 Å². The lowest BCUT2D eigenvalue weighted by molar-refractivity contribution is 0.0996. The number of carbonyl (C=O) groups is 1. The molecule has 1 amide bonds. The number of benzene rings is 2. The van der Waals surface area contributed by atoms with Gasteiger partial charge in [0.15, 0.2) is 14.6 Å². The van der Waals surface area contributed by atoms with Gasteiger partial charge >= 0.3 is 0 Å². The van der Waals surface area contributed by atoms with E-state index in [2.05, 4.69) is 4.99 Å². The second kappa shape index (κ2) is 11.2. The SMILES string of the molecule is CCOCCn1c(=NC(=O)c2ccc(S(=O)(=O)N3CCCC(C)C3)cc2)sc2cc(S(C)(=O)=O)ccc21. The zero-order chi connectivity index (χ0) is 26.8. The van der Waals surface area contributed by atoms with E-state index in [1.165, 1.54) is 46.0 Å². The Labute approximate surface area is 221 Å². The molecule has 2 aromatic carbocycles. The van der Waals surface area contributed by atoms with Crippen molar-refractivity contribution in [1.82, 2.24) is 8.87 Å². The van der Waals surface area contributed by atoms with Crippen molar-refractivity contribution in [3.05, 3.63) is 52.8 Å². The van der Waals surface area contributed by atoms with Gasteiger partial charge in [0, 0.05) is 38.1 Å². The number of piperidine rings is 1. The van der Waals surface area contributed by atoms with Gasteiger partial charge in [0.05, 0.1) is 26.6 Å². The van der Waals surface area contributed by atoms with E-state index in [-0.39, 0.29) is 15.4 Å². The van der Waals surface area contributed by atoms with Crippen LogP contribution in [0.3, 0.4) is 0 Å². The number of amides is 1. The molecule has 1 atom stereocenters. The van der Waals surface area contributed by atoms with Crippen LogP contribution in [-0.4, -0.2) is 64.2 Å². The highest BCUT2D eigenvalue weighted by molar-refractivity contribution is 7.90. The fourth-order valence-corrected chi connectivity index (χ4v) is 7.73. The minimum atomic E-state index is -3.62. The van der Waals surface area contributed by atoms with Gasteiger partial charge in [-0.05, 0) is 68.1 Å². The van der Waals surface area contributed by atoms with Crippen molar-refractivity contribution < 1.29 is 26.4 Å². The van der Waals surface area contributed by atoms with E-state index in [0.29, 0.717) is 48.3 Å². The molecule has 0 aliphatic carbocycles. The van der Waals surface area contributed by atoms with E-state index in [4.69, 9.17) is 4.74 Å². The van der Waals surface area contributed by atoms with Crippen LogP contribution in [0.5, 0.6) is 0 Å². The predicted molar refractivity (Wildman–Crippen MR) is 143 cm³/mol. The number of nitrogens with zero attached hydrogens (tertiary/aromatic N) is 3. The van der Waals surface area contributed by atoms with Crippen molar-refractivity contribution in [3.63, 3.8) is 0 Å². The molecule has 1 aromatic heterocycles. The first-order chi connectivity index (χ1) is 17.5. The molecule has 4 rings (SSSR count). The number of hydrogen-bond donors (Lipinski definition) is 0. The van der Waals surface area contributed by atoms with Gasteiger partial charge in [-0.2, -0.15) is 9.30 Å². The van der Waals surface area contributed by atoms with E-state index in [1.807, 2.05) is 18.4 Å². The topological polar surface area (TPSA) is 115 Å². The molecule has 1 aliphatic rings. The lowest BCUT2D eigenvalue weighted by Crippen LogP contribution is -2.39. The maximum atomic E-state index is 13.0. The average Bonchev–Trinajstić information content (AvgIpc) is 3.20. The van der Waals surface area contributed by atoms with Crippen molar-refractivity contribution in [2.75, 3.05) is 32.6 Å². The standard InChI is InChI=1S/C25H31N3O6S3/c1-4-34-15-14-28-22-12-11-21(36(3,30)31)16-23(22)35-25(28)26-24(29)19-7-9-20(10-8-19)37(32,33)27-13-5-6-18(2)17-27/h7-12,16,18H,4-6,13-15,17H2,1-3H3. The molecule has 1 aliphatic heterocycles.